The average molecular weight is 291 g/mol. The predicted molar refractivity (Wildman–Crippen MR) is 66.0 cm³/mol. The summed E-state index contributed by atoms with van der Waals surface area (Å²) in [4.78, 5) is 9.76. The van der Waals surface area contributed by atoms with Gasteiger partial charge in [0, 0.05) is 6.54 Å². The molecule has 0 saturated carbocycles. The first-order valence-electron chi connectivity index (χ1n) is 5.24. The number of carbonyl (C=O) groups excluding carboxylic acids is 1. The summed E-state index contributed by atoms with van der Waals surface area (Å²) >= 11 is 0. The number of nitrogens with two attached hydrogens (primary N) is 2. The number of sulfonamides is 1. The summed E-state index contributed by atoms with van der Waals surface area (Å²) in [5.41, 5.74) is 10.1. The Kier molecular flexibility index (Phi) is 5.21. The molecule has 1 aromatic carbocycles. The maximum Gasteiger partial charge on any atom is 0.245 e. The van der Waals surface area contributed by atoms with Crippen LogP contribution in [-0.4, -0.2) is 34.1 Å². The van der Waals surface area contributed by atoms with Crippen LogP contribution in [0.1, 0.15) is 0 Å². The summed E-state index contributed by atoms with van der Waals surface area (Å²) in [5, 5.41) is 0. The molecule has 0 bridgehead atoms. The largest absolute Gasteiger partial charge is 0.398 e. The topological polar surface area (TPSA) is 125 Å². The van der Waals surface area contributed by atoms with E-state index >= 15 is 0 Å². The van der Waals surface area contributed by atoms with Crippen LogP contribution in [0.3, 0.4) is 0 Å². The van der Waals surface area contributed by atoms with Gasteiger partial charge in [0.15, 0.2) is 0 Å². The summed E-state index contributed by atoms with van der Waals surface area (Å²) in [6.45, 7) is -0.524. The maximum atomic E-state index is 13.4. The van der Waals surface area contributed by atoms with E-state index in [1.807, 2.05) is 0 Å². The molecule has 106 valence electrons. The first-order chi connectivity index (χ1) is 8.84. The standard InChI is InChI=1S/C10H14FN3O4S/c11-7-2-1-3-8(12)10(7)19(16,17)14-4-5-18-6-9(13)15/h1-3,14H,4-6,12H2,(H2,13,15). The van der Waals surface area contributed by atoms with Crippen LogP contribution >= 0.6 is 0 Å². The predicted octanol–water partition coefficient (Wildman–Crippen LogP) is -0.812. The molecule has 0 heterocycles. The van der Waals surface area contributed by atoms with E-state index in [4.69, 9.17) is 16.2 Å². The Balaban J connectivity index is 2.64. The lowest BCUT2D eigenvalue weighted by Crippen LogP contribution is -2.30. The smallest absolute Gasteiger partial charge is 0.245 e. The Bertz CT molecular complexity index is 542. The normalized spacial score (nSPS) is 11.4. The molecule has 0 saturated heterocycles. The average Bonchev–Trinajstić information content (AvgIpc) is 2.27. The quantitative estimate of drug-likeness (QED) is 0.447. The molecule has 9 heteroatoms. The Hall–Kier alpha value is -1.71. The molecule has 0 aliphatic heterocycles. The van der Waals surface area contributed by atoms with E-state index in [0.717, 1.165) is 6.07 Å². The highest BCUT2D eigenvalue weighted by Gasteiger charge is 2.21. The van der Waals surface area contributed by atoms with Gasteiger partial charge in [-0.3, -0.25) is 4.79 Å². The van der Waals surface area contributed by atoms with Crippen LogP contribution in [0.2, 0.25) is 0 Å². The molecule has 0 aromatic heterocycles. The van der Waals surface area contributed by atoms with Crippen LogP contribution in [0.5, 0.6) is 0 Å². The van der Waals surface area contributed by atoms with Crippen LogP contribution in [0.4, 0.5) is 10.1 Å². The van der Waals surface area contributed by atoms with Gasteiger partial charge in [0.05, 0.1) is 12.3 Å². The Labute approximate surface area is 109 Å². The van der Waals surface area contributed by atoms with Gasteiger partial charge < -0.3 is 16.2 Å². The minimum Gasteiger partial charge on any atom is -0.398 e. The molecule has 1 rings (SSSR count). The number of hydrogen-bond donors (Lipinski definition) is 3. The van der Waals surface area contributed by atoms with Crippen molar-refractivity contribution in [2.24, 2.45) is 5.73 Å². The van der Waals surface area contributed by atoms with Crippen molar-refractivity contribution in [3.05, 3.63) is 24.0 Å². The highest BCUT2D eigenvalue weighted by atomic mass is 32.2. The number of halogens is 1. The highest BCUT2D eigenvalue weighted by Crippen LogP contribution is 2.20. The molecule has 5 N–H and O–H groups in total. The summed E-state index contributed by atoms with van der Waals surface area (Å²) in [7, 11) is -4.07. The lowest BCUT2D eigenvalue weighted by molar-refractivity contribution is -0.122. The Morgan fingerprint density at radius 2 is 2.11 bits per heavy atom. The minimum atomic E-state index is -4.07. The van der Waals surface area contributed by atoms with Gasteiger partial charge in [0.2, 0.25) is 15.9 Å². The second-order valence-electron chi connectivity index (χ2n) is 3.57. The van der Waals surface area contributed by atoms with Crippen LogP contribution in [0.25, 0.3) is 0 Å². The van der Waals surface area contributed by atoms with Crippen molar-refractivity contribution in [2.45, 2.75) is 4.90 Å². The molecule has 1 aromatic rings. The van der Waals surface area contributed by atoms with Crippen molar-refractivity contribution in [2.75, 3.05) is 25.5 Å². The number of anilines is 1. The monoisotopic (exact) mass is 291 g/mol. The van der Waals surface area contributed by atoms with Gasteiger partial charge in [-0.2, -0.15) is 0 Å². The van der Waals surface area contributed by atoms with Crippen molar-refractivity contribution in [1.29, 1.82) is 0 Å². The van der Waals surface area contributed by atoms with Gasteiger partial charge in [-0.05, 0) is 12.1 Å². The molecule has 19 heavy (non-hydrogen) atoms. The number of primary amides is 1. The first-order valence-corrected chi connectivity index (χ1v) is 6.72. The first kappa shape index (κ1) is 15.3. The van der Waals surface area contributed by atoms with Crippen molar-refractivity contribution in [3.63, 3.8) is 0 Å². The van der Waals surface area contributed by atoms with Crippen LogP contribution in [0, 0.1) is 5.82 Å². The van der Waals surface area contributed by atoms with Crippen LogP contribution in [-0.2, 0) is 19.6 Å². The fourth-order valence-corrected chi connectivity index (χ4v) is 2.50. The molecular weight excluding hydrogens is 277 g/mol. The number of benzene rings is 1. The summed E-state index contributed by atoms with van der Waals surface area (Å²) in [6, 6.07) is 3.58. The van der Waals surface area contributed by atoms with E-state index in [1.54, 1.807) is 0 Å². The highest BCUT2D eigenvalue weighted by molar-refractivity contribution is 7.89. The van der Waals surface area contributed by atoms with Crippen LogP contribution < -0.4 is 16.2 Å². The van der Waals surface area contributed by atoms with Gasteiger partial charge in [-0.15, -0.1) is 0 Å². The molecule has 0 aliphatic rings. The van der Waals surface area contributed by atoms with Gasteiger partial charge >= 0.3 is 0 Å². The second-order valence-corrected chi connectivity index (χ2v) is 5.28. The number of ether oxygens (including phenoxy) is 1. The summed E-state index contributed by atoms with van der Waals surface area (Å²) < 4.78 is 43.9. The van der Waals surface area contributed by atoms with Crippen LogP contribution in [0.15, 0.2) is 23.1 Å². The third-order valence-corrected chi connectivity index (χ3v) is 3.60. The molecular formula is C10H14FN3O4S. The number of nitrogens with one attached hydrogen (secondary N) is 1. The van der Waals surface area contributed by atoms with Crippen molar-refractivity contribution in [1.82, 2.24) is 4.72 Å². The van der Waals surface area contributed by atoms with E-state index in [2.05, 4.69) is 4.72 Å². The zero-order chi connectivity index (χ0) is 14.5. The lowest BCUT2D eigenvalue weighted by atomic mass is 10.3. The molecule has 0 radical (unpaired) electrons. The van der Waals surface area contributed by atoms with Gasteiger partial charge in [0.25, 0.3) is 0 Å². The minimum absolute atomic E-state index is 0.0729. The number of nitrogen functional groups attached to an aromatic ring is 1. The summed E-state index contributed by atoms with van der Waals surface area (Å²) in [5.74, 6) is -1.60. The maximum absolute atomic E-state index is 13.4. The zero-order valence-electron chi connectivity index (χ0n) is 9.93. The number of hydrogen-bond acceptors (Lipinski definition) is 5. The van der Waals surface area contributed by atoms with Crippen molar-refractivity contribution in [3.8, 4) is 0 Å². The molecule has 0 atom stereocenters. The van der Waals surface area contributed by atoms with E-state index < -0.39 is 26.6 Å². The van der Waals surface area contributed by atoms with E-state index in [9.17, 15) is 17.6 Å². The Morgan fingerprint density at radius 3 is 2.68 bits per heavy atom. The fraction of sp³-hybridized carbons (Fsp3) is 0.300. The zero-order valence-corrected chi connectivity index (χ0v) is 10.7. The molecule has 7 nitrogen and oxygen atoms in total. The fourth-order valence-electron chi connectivity index (χ4n) is 1.30. The van der Waals surface area contributed by atoms with Crippen molar-refractivity contribution < 1.29 is 22.3 Å². The molecule has 1 amide bonds. The number of carbonyl (C=O) groups is 1. The molecule has 0 fully saturated rings. The summed E-state index contributed by atoms with van der Waals surface area (Å²) in [6.07, 6.45) is 0. The van der Waals surface area contributed by atoms with Crippen molar-refractivity contribution >= 4 is 21.6 Å². The Morgan fingerprint density at radius 1 is 1.42 bits per heavy atom. The SMILES string of the molecule is NC(=O)COCCNS(=O)(=O)c1c(N)cccc1F. The molecule has 0 spiro atoms. The molecule has 0 unspecified atom stereocenters. The molecule has 0 aliphatic carbocycles. The van der Waals surface area contributed by atoms with Gasteiger partial charge in [-0.1, -0.05) is 6.07 Å². The number of rotatable bonds is 7. The van der Waals surface area contributed by atoms with Gasteiger partial charge in [-0.25, -0.2) is 17.5 Å². The van der Waals surface area contributed by atoms with E-state index in [-0.39, 0.29) is 25.4 Å². The third-order valence-electron chi connectivity index (χ3n) is 2.05. The van der Waals surface area contributed by atoms with Gasteiger partial charge in [0.1, 0.15) is 17.3 Å². The number of amides is 1. The lowest BCUT2D eigenvalue weighted by Gasteiger charge is -2.09. The second kappa shape index (κ2) is 6.45. The van der Waals surface area contributed by atoms with E-state index in [1.165, 1.54) is 12.1 Å². The van der Waals surface area contributed by atoms with E-state index in [0.29, 0.717) is 0 Å². The third kappa shape index (κ3) is 4.47.